The number of unbranched alkanes of at least 4 members (excludes halogenated alkanes) is 4. The van der Waals surface area contributed by atoms with E-state index in [1.807, 2.05) is 0 Å². The van der Waals surface area contributed by atoms with E-state index in [9.17, 15) is 32.3 Å². The summed E-state index contributed by atoms with van der Waals surface area (Å²) in [5, 5.41) is 4.71. The van der Waals surface area contributed by atoms with Crippen molar-refractivity contribution in [2.24, 2.45) is 0 Å². The van der Waals surface area contributed by atoms with Crippen LogP contribution in [0.5, 0.6) is 0 Å². The zero-order valence-corrected chi connectivity index (χ0v) is 17.4. The molecule has 1 heterocycles. The van der Waals surface area contributed by atoms with Crippen LogP contribution in [-0.4, -0.2) is 52.0 Å². The second kappa shape index (κ2) is 12.7. The number of halogens is 3. The molecule has 0 bridgehead atoms. The molecule has 0 aliphatic carbocycles. The minimum absolute atomic E-state index is 0.0106. The van der Waals surface area contributed by atoms with Crippen molar-refractivity contribution in [2.75, 3.05) is 0 Å². The molecule has 3 N–H and O–H groups in total. The second-order valence-electron chi connectivity index (χ2n) is 7.00. The number of aromatic amines is 1. The Hall–Kier alpha value is -2.92. The molecule has 31 heavy (non-hydrogen) atoms. The Morgan fingerprint density at radius 1 is 1.13 bits per heavy atom. The maximum Gasteiger partial charge on any atom is 0.491 e. The van der Waals surface area contributed by atoms with Crippen molar-refractivity contribution < 1.29 is 37.1 Å². The lowest BCUT2D eigenvalue weighted by Crippen LogP contribution is -2.52. The molecule has 174 valence electrons. The van der Waals surface area contributed by atoms with Crippen molar-refractivity contribution in [1.82, 2.24) is 20.6 Å². The minimum Gasteiger partial charge on any atom is -0.385 e. The molecule has 9 nitrogen and oxygen atoms in total. The van der Waals surface area contributed by atoms with E-state index in [0.717, 1.165) is 32.6 Å². The molecule has 0 aromatic carbocycles. The van der Waals surface area contributed by atoms with Gasteiger partial charge in [-0.15, -0.1) is 0 Å². The molecule has 1 aromatic heterocycles. The van der Waals surface area contributed by atoms with Gasteiger partial charge in [-0.1, -0.05) is 32.6 Å². The molecule has 0 fully saturated rings. The first-order valence-electron chi connectivity index (χ1n) is 9.94. The van der Waals surface area contributed by atoms with Crippen LogP contribution in [0.2, 0.25) is 0 Å². The van der Waals surface area contributed by atoms with Gasteiger partial charge in [0.25, 0.3) is 0 Å². The summed E-state index contributed by atoms with van der Waals surface area (Å²) in [5.41, 5.74) is 0.519. The fourth-order valence-corrected chi connectivity index (χ4v) is 2.59. The molecule has 0 spiro atoms. The molecule has 0 saturated heterocycles. The molecule has 0 saturated carbocycles. The van der Waals surface area contributed by atoms with Crippen molar-refractivity contribution in [3.63, 3.8) is 0 Å². The van der Waals surface area contributed by atoms with Crippen molar-refractivity contribution in [3.8, 4) is 0 Å². The highest BCUT2D eigenvalue weighted by molar-refractivity contribution is 5.94. The van der Waals surface area contributed by atoms with E-state index in [1.54, 1.807) is 0 Å². The molecule has 0 aliphatic rings. The summed E-state index contributed by atoms with van der Waals surface area (Å²) in [6, 6.07) is -2.66. The van der Waals surface area contributed by atoms with Gasteiger partial charge in [0, 0.05) is 24.7 Å². The van der Waals surface area contributed by atoms with Crippen LogP contribution in [0, 0.1) is 0 Å². The summed E-state index contributed by atoms with van der Waals surface area (Å²) in [4.78, 5) is 53.8. The molecule has 0 unspecified atom stereocenters. The third-order valence-corrected chi connectivity index (χ3v) is 4.28. The second-order valence-corrected chi connectivity index (χ2v) is 7.00. The average molecular weight is 448 g/mol. The Labute approximate surface area is 177 Å². The van der Waals surface area contributed by atoms with Gasteiger partial charge in [0.15, 0.2) is 0 Å². The number of nitrogens with zero attached hydrogens (tertiary/aromatic N) is 1. The smallest absolute Gasteiger partial charge is 0.385 e. The Balaban J connectivity index is 2.67. The molecule has 1 rings (SSSR count). The van der Waals surface area contributed by atoms with E-state index in [-0.39, 0.29) is 18.7 Å². The van der Waals surface area contributed by atoms with Crippen molar-refractivity contribution in [1.29, 1.82) is 0 Å². The first kappa shape index (κ1) is 26.1. The van der Waals surface area contributed by atoms with Gasteiger partial charge < -0.3 is 20.4 Å². The lowest BCUT2D eigenvalue weighted by Gasteiger charge is -2.20. The number of rotatable bonds is 12. The number of amides is 2. The van der Waals surface area contributed by atoms with Crippen LogP contribution in [0.4, 0.5) is 13.2 Å². The summed E-state index contributed by atoms with van der Waals surface area (Å²) < 4.78 is 40.4. The van der Waals surface area contributed by atoms with Crippen LogP contribution in [-0.2, 0) is 30.3 Å². The van der Waals surface area contributed by atoms with E-state index in [0.29, 0.717) is 12.1 Å². The molecular weight excluding hydrogens is 421 g/mol. The van der Waals surface area contributed by atoms with Gasteiger partial charge in [0.05, 0.1) is 6.33 Å². The number of nitrogens with one attached hydrogen (secondary N) is 3. The van der Waals surface area contributed by atoms with Gasteiger partial charge in [-0.2, -0.15) is 13.2 Å². The van der Waals surface area contributed by atoms with Crippen LogP contribution < -0.4 is 10.6 Å². The number of imidazole rings is 1. The number of hydrogen-bond donors (Lipinski definition) is 3. The monoisotopic (exact) mass is 448 g/mol. The predicted molar refractivity (Wildman–Crippen MR) is 102 cm³/mol. The quantitative estimate of drug-likeness (QED) is 0.255. The Kier molecular flexibility index (Phi) is 10.7. The van der Waals surface area contributed by atoms with Gasteiger partial charge in [-0.25, -0.2) is 14.6 Å². The number of esters is 2. The van der Waals surface area contributed by atoms with Crippen molar-refractivity contribution in [2.45, 2.75) is 77.1 Å². The molecule has 2 amide bonds. The Bertz CT molecular complexity index is 737. The molecular formula is C19H27F3N4O5. The maximum absolute atomic E-state index is 12.5. The van der Waals surface area contributed by atoms with Crippen LogP contribution in [0.15, 0.2) is 12.5 Å². The van der Waals surface area contributed by atoms with E-state index < -0.39 is 36.1 Å². The van der Waals surface area contributed by atoms with E-state index in [2.05, 4.69) is 32.3 Å². The molecule has 12 heteroatoms. The normalized spacial score (nSPS) is 13.2. The van der Waals surface area contributed by atoms with E-state index >= 15 is 0 Å². The zero-order chi connectivity index (χ0) is 23.4. The Morgan fingerprint density at radius 3 is 2.39 bits per heavy atom. The lowest BCUT2D eigenvalue weighted by atomic mass is 10.1. The molecule has 0 radical (unpaired) electrons. The van der Waals surface area contributed by atoms with Gasteiger partial charge in [0.1, 0.15) is 12.1 Å². The summed E-state index contributed by atoms with van der Waals surface area (Å²) in [7, 11) is 0. The van der Waals surface area contributed by atoms with Crippen LogP contribution in [0.3, 0.4) is 0 Å². The maximum atomic E-state index is 12.5. The standard InChI is InChI=1S/C19H27F3N4O5/c1-3-4-5-6-7-8-15(27)26-14(9-13-10-23-11-24-13)16(28)25-12(2)17(29)31-18(30)19(20,21)22/h10-12,14H,3-9H2,1-2H3,(H,23,24)(H,25,28)(H,26,27)/t12-,14+/m0/s1. The number of aromatic nitrogens is 2. The third kappa shape index (κ3) is 10.1. The molecule has 1 aromatic rings. The molecule has 0 aliphatic heterocycles. The molecule has 2 atom stereocenters. The summed E-state index contributed by atoms with van der Waals surface area (Å²) in [6.45, 7) is 3.13. The van der Waals surface area contributed by atoms with Gasteiger partial charge in [0.2, 0.25) is 11.8 Å². The summed E-state index contributed by atoms with van der Waals surface area (Å²) >= 11 is 0. The first-order valence-corrected chi connectivity index (χ1v) is 9.94. The third-order valence-electron chi connectivity index (χ3n) is 4.28. The van der Waals surface area contributed by atoms with Crippen molar-refractivity contribution >= 4 is 23.8 Å². The van der Waals surface area contributed by atoms with E-state index in [1.165, 1.54) is 12.5 Å². The number of carbonyl (C=O) groups excluding carboxylic acids is 4. The highest BCUT2D eigenvalue weighted by atomic mass is 19.4. The highest BCUT2D eigenvalue weighted by Gasteiger charge is 2.43. The van der Waals surface area contributed by atoms with Crippen molar-refractivity contribution in [3.05, 3.63) is 18.2 Å². The minimum atomic E-state index is -5.34. The number of carbonyl (C=O) groups is 4. The average Bonchev–Trinajstić information content (AvgIpc) is 3.19. The summed E-state index contributed by atoms with van der Waals surface area (Å²) in [5.74, 6) is -5.45. The predicted octanol–water partition coefficient (Wildman–Crippen LogP) is 1.93. The van der Waals surface area contributed by atoms with Crippen LogP contribution in [0.25, 0.3) is 0 Å². The lowest BCUT2D eigenvalue weighted by molar-refractivity contribution is -0.202. The van der Waals surface area contributed by atoms with Gasteiger partial charge in [-0.3, -0.25) is 9.59 Å². The Morgan fingerprint density at radius 2 is 1.81 bits per heavy atom. The zero-order valence-electron chi connectivity index (χ0n) is 17.4. The fraction of sp³-hybridized carbons (Fsp3) is 0.632. The van der Waals surface area contributed by atoms with E-state index in [4.69, 9.17) is 0 Å². The number of ether oxygens (including phenoxy) is 1. The van der Waals surface area contributed by atoms with Gasteiger partial charge in [-0.05, 0) is 13.3 Å². The highest BCUT2D eigenvalue weighted by Crippen LogP contribution is 2.16. The number of H-pyrrole nitrogens is 1. The SMILES string of the molecule is CCCCCCCC(=O)N[C@H](Cc1cnc[nH]1)C(=O)N[C@@H](C)C(=O)OC(=O)C(F)(F)F. The van der Waals surface area contributed by atoms with Crippen LogP contribution >= 0.6 is 0 Å². The first-order chi connectivity index (χ1) is 14.5. The van der Waals surface area contributed by atoms with Gasteiger partial charge >= 0.3 is 18.1 Å². The summed E-state index contributed by atoms with van der Waals surface area (Å²) in [6.07, 6.45) is 2.34. The van der Waals surface area contributed by atoms with Crippen LogP contribution in [0.1, 0.15) is 58.1 Å². The fourth-order valence-electron chi connectivity index (χ4n) is 2.59. The largest absolute Gasteiger partial charge is 0.491 e. The topological polar surface area (TPSA) is 130 Å². The number of alkyl halides is 3. The number of hydrogen-bond acceptors (Lipinski definition) is 6.